The Morgan fingerprint density at radius 3 is 2.32 bits per heavy atom. The van der Waals surface area contributed by atoms with Crippen molar-refractivity contribution in [1.29, 1.82) is 0 Å². The van der Waals surface area contributed by atoms with Crippen molar-refractivity contribution >= 4 is 11.9 Å². The van der Waals surface area contributed by atoms with Gasteiger partial charge in [-0.15, -0.1) is 0 Å². The summed E-state index contributed by atoms with van der Waals surface area (Å²) in [6.07, 6.45) is 1.01. The fourth-order valence-corrected chi connectivity index (χ4v) is 3.03. The second-order valence-corrected chi connectivity index (χ2v) is 6.16. The van der Waals surface area contributed by atoms with E-state index in [0.717, 1.165) is 11.3 Å². The summed E-state index contributed by atoms with van der Waals surface area (Å²) in [4.78, 5) is 25.6. The van der Waals surface area contributed by atoms with Crippen molar-refractivity contribution in [3.05, 3.63) is 65.7 Å². The third kappa shape index (κ3) is 4.18. The lowest BCUT2D eigenvalue weighted by Crippen LogP contribution is -2.40. The molecule has 0 bridgehead atoms. The van der Waals surface area contributed by atoms with E-state index in [1.165, 1.54) is 0 Å². The van der Waals surface area contributed by atoms with E-state index in [-0.39, 0.29) is 11.8 Å². The van der Waals surface area contributed by atoms with Gasteiger partial charge in [0.25, 0.3) is 5.91 Å². The predicted octanol–water partition coefficient (Wildman–Crippen LogP) is 3.20. The van der Waals surface area contributed by atoms with Gasteiger partial charge in [-0.2, -0.15) is 0 Å². The first-order valence-electron chi connectivity index (χ1n) is 8.43. The lowest BCUT2D eigenvalue weighted by Gasteiger charge is -2.30. The molecule has 1 N–H and O–H groups in total. The zero-order valence-corrected chi connectivity index (χ0v) is 13.9. The molecule has 0 unspecified atom stereocenters. The average molecular weight is 339 g/mol. The minimum absolute atomic E-state index is 0.0592. The zero-order valence-electron chi connectivity index (χ0n) is 13.9. The predicted molar refractivity (Wildman–Crippen MR) is 93.5 cm³/mol. The Hall–Kier alpha value is -2.82. The molecule has 0 atom stereocenters. The summed E-state index contributed by atoms with van der Waals surface area (Å²) < 4.78 is 5.77. The summed E-state index contributed by atoms with van der Waals surface area (Å²) in [6, 6.07) is 16.9. The first-order valence-corrected chi connectivity index (χ1v) is 8.43. The summed E-state index contributed by atoms with van der Waals surface area (Å²) in [5, 5.41) is 9.08. The maximum Gasteiger partial charge on any atom is 0.306 e. The number of amides is 1. The summed E-state index contributed by atoms with van der Waals surface area (Å²) in [5.74, 6) is -0.424. The third-order valence-electron chi connectivity index (χ3n) is 4.52. The van der Waals surface area contributed by atoms with Crippen LogP contribution in [0.1, 0.15) is 28.8 Å². The van der Waals surface area contributed by atoms with Gasteiger partial charge >= 0.3 is 5.97 Å². The number of hydrogen-bond donors (Lipinski definition) is 1. The minimum Gasteiger partial charge on any atom is -0.489 e. The minimum atomic E-state index is -0.774. The van der Waals surface area contributed by atoms with E-state index < -0.39 is 5.97 Å². The van der Waals surface area contributed by atoms with Gasteiger partial charge in [0.2, 0.25) is 0 Å². The number of ether oxygens (including phenoxy) is 1. The van der Waals surface area contributed by atoms with Gasteiger partial charge in [-0.05, 0) is 31.0 Å². The fraction of sp³-hybridized carbons (Fsp3) is 0.300. The number of piperidine rings is 1. The number of benzene rings is 2. The highest BCUT2D eigenvalue weighted by Crippen LogP contribution is 2.21. The fourth-order valence-electron chi connectivity index (χ4n) is 3.03. The van der Waals surface area contributed by atoms with Gasteiger partial charge in [-0.3, -0.25) is 9.59 Å². The van der Waals surface area contributed by atoms with Crippen LogP contribution in [0.2, 0.25) is 0 Å². The molecule has 0 aliphatic carbocycles. The topological polar surface area (TPSA) is 66.8 Å². The van der Waals surface area contributed by atoms with Crippen LogP contribution in [0.5, 0.6) is 5.75 Å². The number of nitrogens with zero attached hydrogens (tertiary/aromatic N) is 1. The molecule has 1 amide bonds. The van der Waals surface area contributed by atoms with Crippen LogP contribution >= 0.6 is 0 Å². The van der Waals surface area contributed by atoms with Crippen molar-refractivity contribution in [2.75, 3.05) is 13.1 Å². The molecule has 0 saturated carbocycles. The second-order valence-electron chi connectivity index (χ2n) is 6.16. The van der Waals surface area contributed by atoms with E-state index in [1.807, 2.05) is 48.5 Å². The highest BCUT2D eigenvalue weighted by atomic mass is 16.5. The van der Waals surface area contributed by atoms with Crippen molar-refractivity contribution in [2.24, 2.45) is 5.92 Å². The van der Waals surface area contributed by atoms with E-state index in [4.69, 9.17) is 9.84 Å². The second kappa shape index (κ2) is 7.83. The molecule has 1 saturated heterocycles. The van der Waals surface area contributed by atoms with E-state index in [0.29, 0.717) is 38.1 Å². The van der Waals surface area contributed by atoms with E-state index >= 15 is 0 Å². The number of aliphatic carboxylic acids is 1. The largest absolute Gasteiger partial charge is 0.489 e. The molecule has 2 aromatic rings. The van der Waals surface area contributed by atoms with Crippen LogP contribution in [-0.2, 0) is 11.4 Å². The Labute approximate surface area is 146 Å². The standard InChI is InChI=1S/C20H21NO4/c22-19(21-12-10-15(11-13-21)20(23)24)18-9-5-4-6-16(18)14-25-17-7-2-1-3-8-17/h1-9,15H,10-14H2,(H,23,24). The van der Waals surface area contributed by atoms with Crippen LogP contribution in [0.25, 0.3) is 0 Å². The highest BCUT2D eigenvalue weighted by Gasteiger charge is 2.28. The summed E-state index contributed by atoms with van der Waals surface area (Å²) in [5.41, 5.74) is 1.45. The Balaban J connectivity index is 1.68. The number of carboxylic acid groups (broad SMARTS) is 1. The Kier molecular flexibility index (Phi) is 5.33. The summed E-state index contributed by atoms with van der Waals surface area (Å²) >= 11 is 0. The normalized spacial score (nSPS) is 15.0. The van der Waals surface area contributed by atoms with Crippen LogP contribution in [0.3, 0.4) is 0 Å². The van der Waals surface area contributed by atoms with Crippen LogP contribution in [0.15, 0.2) is 54.6 Å². The van der Waals surface area contributed by atoms with Crippen molar-refractivity contribution in [2.45, 2.75) is 19.4 Å². The molecule has 5 heteroatoms. The molecule has 25 heavy (non-hydrogen) atoms. The van der Waals surface area contributed by atoms with Crippen LogP contribution in [0.4, 0.5) is 0 Å². The number of hydrogen-bond acceptors (Lipinski definition) is 3. The molecule has 0 spiro atoms. The number of carbonyl (C=O) groups is 2. The summed E-state index contributed by atoms with van der Waals surface area (Å²) in [7, 11) is 0. The quantitative estimate of drug-likeness (QED) is 0.908. The van der Waals surface area contributed by atoms with Gasteiger partial charge in [-0.25, -0.2) is 0 Å². The maximum atomic E-state index is 12.8. The molecule has 0 radical (unpaired) electrons. The molecule has 2 aromatic carbocycles. The van der Waals surface area contributed by atoms with Crippen LogP contribution in [0, 0.1) is 5.92 Å². The number of carboxylic acids is 1. The molecular weight excluding hydrogens is 318 g/mol. The van der Waals surface area contributed by atoms with E-state index in [1.54, 1.807) is 11.0 Å². The number of para-hydroxylation sites is 1. The summed E-state index contributed by atoms with van der Waals surface area (Å²) in [6.45, 7) is 1.27. The van der Waals surface area contributed by atoms with Gasteiger partial charge in [0, 0.05) is 24.2 Å². The van der Waals surface area contributed by atoms with Gasteiger partial charge in [0.15, 0.2) is 0 Å². The zero-order chi connectivity index (χ0) is 17.6. The molecule has 3 rings (SSSR count). The van der Waals surface area contributed by atoms with Gasteiger partial charge < -0.3 is 14.7 Å². The molecule has 1 aliphatic rings. The maximum absolute atomic E-state index is 12.8. The Morgan fingerprint density at radius 2 is 1.64 bits per heavy atom. The lowest BCUT2D eigenvalue weighted by atomic mass is 9.96. The molecule has 1 heterocycles. The number of rotatable bonds is 5. The highest BCUT2D eigenvalue weighted by molar-refractivity contribution is 5.95. The SMILES string of the molecule is O=C(O)C1CCN(C(=O)c2ccccc2COc2ccccc2)CC1. The van der Waals surface area contributed by atoms with Crippen molar-refractivity contribution in [1.82, 2.24) is 4.90 Å². The smallest absolute Gasteiger partial charge is 0.306 e. The molecule has 5 nitrogen and oxygen atoms in total. The van der Waals surface area contributed by atoms with Gasteiger partial charge in [0.1, 0.15) is 12.4 Å². The Bertz CT molecular complexity index is 736. The van der Waals surface area contributed by atoms with Crippen LogP contribution in [-0.4, -0.2) is 35.0 Å². The van der Waals surface area contributed by atoms with Gasteiger partial charge in [0.05, 0.1) is 5.92 Å². The average Bonchev–Trinajstić information content (AvgIpc) is 2.67. The van der Waals surface area contributed by atoms with Crippen LogP contribution < -0.4 is 4.74 Å². The van der Waals surface area contributed by atoms with E-state index in [9.17, 15) is 9.59 Å². The lowest BCUT2D eigenvalue weighted by molar-refractivity contribution is -0.143. The first kappa shape index (κ1) is 17.0. The first-order chi connectivity index (χ1) is 12.1. The molecule has 0 aromatic heterocycles. The number of carbonyl (C=O) groups excluding carboxylic acids is 1. The number of likely N-dealkylation sites (tertiary alicyclic amines) is 1. The van der Waals surface area contributed by atoms with E-state index in [2.05, 4.69) is 0 Å². The van der Waals surface area contributed by atoms with Crippen molar-refractivity contribution in [3.63, 3.8) is 0 Å². The third-order valence-corrected chi connectivity index (χ3v) is 4.52. The van der Waals surface area contributed by atoms with Crippen molar-refractivity contribution < 1.29 is 19.4 Å². The molecular formula is C20H21NO4. The molecule has 1 aliphatic heterocycles. The van der Waals surface area contributed by atoms with Crippen molar-refractivity contribution in [3.8, 4) is 5.75 Å². The van der Waals surface area contributed by atoms with Gasteiger partial charge in [-0.1, -0.05) is 36.4 Å². The molecule has 1 fully saturated rings. The molecule has 130 valence electrons. The Morgan fingerprint density at radius 1 is 1.00 bits per heavy atom. The monoisotopic (exact) mass is 339 g/mol.